The number of allylic oxidation sites excluding steroid dienone is 5. The maximum atomic E-state index is 13.0. The van der Waals surface area contributed by atoms with Crippen molar-refractivity contribution in [1.29, 1.82) is 0 Å². The molecule has 0 aromatic rings. The van der Waals surface area contributed by atoms with Crippen molar-refractivity contribution in [2.75, 3.05) is 13.2 Å². The first kappa shape index (κ1) is 55.4. The van der Waals surface area contributed by atoms with E-state index in [1.807, 2.05) is 6.08 Å². The van der Waals surface area contributed by atoms with Gasteiger partial charge in [0.25, 0.3) is 0 Å². The molecular weight excluding hydrogens is 743 g/mol. The second kappa shape index (κ2) is 40.5. The summed E-state index contributed by atoms with van der Waals surface area (Å²) in [5.74, 6) is -0.190. The Kier molecular flexibility index (Phi) is 38.0. The van der Waals surface area contributed by atoms with Crippen LogP contribution in [0.3, 0.4) is 0 Å². The topological polar surface area (TPSA) is 149 Å². The van der Waals surface area contributed by atoms with Crippen molar-refractivity contribution in [3.63, 3.8) is 0 Å². The number of nitrogens with one attached hydrogen (secondary N) is 1. The van der Waals surface area contributed by atoms with Gasteiger partial charge in [0.05, 0.1) is 25.4 Å². The average Bonchev–Trinajstić information content (AvgIpc) is 3.23. The summed E-state index contributed by atoms with van der Waals surface area (Å²) in [6.45, 7) is 3.75. The van der Waals surface area contributed by atoms with Gasteiger partial charge < -0.3 is 40.3 Å². The van der Waals surface area contributed by atoms with Gasteiger partial charge in [-0.15, -0.1) is 0 Å². The summed E-state index contributed by atoms with van der Waals surface area (Å²) in [5, 5.41) is 54.3. The van der Waals surface area contributed by atoms with Gasteiger partial charge in [0, 0.05) is 6.42 Å². The van der Waals surface area contributed by atoms with E-state index in [0.717, 1.165) is 64.2 Å². The molecule has 59 heavy (non-hydrogen) atoms. The summed E-state index contributed by atoms with van der Waals surface area (Å²) in [6.07, 6.45) is 43.3. The van der Waals surface area contributed by atoms with E-state index in [-0.39, 0.29) is 12.5 Å². The largest absolute Gasteiger partial charge is 0.394 e. The van der Waals surface area contributed by atoms with Crippen LogP contribution in [0.1, 0.15) is 219 Å². The predicted octanol–water partition coefficient (Wildman–Crippen LogP) is 10.8. The molecule has 1 rings (SSSR count). The van der Waals surface area contributed by atoms with Crippen LogP contribution in [0.5, 0.6) is 0 Å². The first-order chi connectivity index (χ1) is 28.8. The van der Waals surface area contributed by atoms with Crippen LogP contribution >= 0.6 is 0 Å². The molecule has 9 heteroatoms. The SMILES string of the molecule is CCCCC/C=C\C/C=C\CCCCCCCC(=O)NC(COC1OC(CO)C(O)C(O)C1O)C(O)/C=C/CCCCCCCCCCCCCCCCCCCCC. The third-order valence-corrected chi connectivity index (χ3v) is 11.7. The number of carbonyl (C=O) groups excluding carboxylic acids is 1. The maximum Gasteiger partial charge on any atom is 0.220 e. The van der Waals surface area contributed by atoms with Gasteiger partial charge in [-0.2, -0.15) is 0 Å². The van der Waals surface area contributed by atoms with Crippen LogP contribution in [0.2, 0.25) is 0 Å². The van der Waals surface area contributed by atoms with Crippen molar-refractivity contribution >= 4 is 5.91 Å². The fourth-order valence-corrected chi connectivity index (χ4v) is 7.72. The summed E-state index contributed by atoms with van der Waals surface area (Å²) in [6, 6.07) is -0.811. The van der Waals surface area contributed by atoms with Gasteiger partial charge >= 0.3 is 0 Å². The third kappa shape index (κ3) is 31.0. The summed E-state index contributed by atoms with van der Waals surface area (Å²) < 4.78 is 11.2. The highest BCUT2D eigenvalue weighted by Crippen LogP contribution is 2.23. The van der Waals surface area contributed by atoms with E-state index in [0.29, 0.717) is 6.42 Å². The Hall–Kier alpha value is -1.59. The predicted molar refractivity (Wildman–Crippen MR) is 244 cm³/mol. The summed E-state index contributed by atoms with van der Waals surface area (Å²) in [4.78, 5) is 13.0. The number of aliphatic hydroxyl groups is 5. The molecule has 0 saturated carbocycles. The van der Waals surface area contributed by atoms with E-state index in [2.05, 4.69) is 43.5 Å². The lowest BCUT2D eigenvalue weighted by Gasteiger charge is -2.40. The standard InChI is InChI=1S/C50H93NO8/c1-3-5-7-9-11-13-15-17-19-20-21-22-23-24-26-27-29-31-33-35-37-39-44(53)43(42-58-50-49(57)48(56)47(55)45(41-52)59-50)51-46(54)40-38-36-34-32-30-28-25-18-16-14-12-10-8-6-4-2/h12,14,18,25,37,39,43-45,47-50,52-53,55-57H,3-11,13,15-17,19-24,26-36,38,40-42H2,1-2H3,(H,51,54)/b14-12-,25-18-,39-37+. The highest BCUT2D eigenvalue weighted by molar-refractivity contribution is 5.76. The molecule has 346 valence electrons. The average molecular weight is 836 g/mol. The summed E-state index contributed by atoms with van der Waals surface area (Å²) in [7, 11) is 0. The number of hydrogen-bond acceptors (Lipinski definition) is 8. The molecule has 0 aromatic heterocycles. The molecule has 0 aliphatic carbocycles. The van der Waals surface area contributed by atoms with Crippen LogP contribution in [0.15, 0.2) is 36.5 Å². The molecule has 6 N–H and O–H groups in total. The van der Waals surface area contributed by atoms with E-state index < -0.39 is 49.5 Å². The molecule has 9 nitrogen and oxygen atoms in total. The smallest absolute Gasteiger partial charge is 0.220 e. The molecular formula is C50H93NO8. The Morgan fingerprint density at radius 2 is 1.00 bits per heavy atom. The van der Waals surface area contributed by atoms with E-state index >= 15 is 0 Å². The first-order valence-electron chi connectivity index (χ1n) is 24.7. The van der Waals surface area contributed by atoms with E-state index in [4.69, 9.17) is 9.47 Å². The number of amides is 1. The Morgan fingerprint density at radius 1 is 0.576 bits per heavy atom. The van der Waals surface area contributed by atoms with Crippen LogP contribution in [0, 0.1) is 0 Å². The molecule has 1 heterocycles. The number of aliphatic hydroxyl groups excluding tert-OH is 5. The van der Waals surface area contributed by atoms with Crippen molar-refractivity contribution in [3.8, 4) is 0 Å². The molecule has 0 aromatic carbocycles. The van der Waals surface area contributed by atoms with Crippen LogP contribution < -0.4 is 5.32 Å². The molecule has 0 bridgehead atoms. The highest BCUT2D eigenvalue weighted by Gasteiger charge is 2.44. The lowest BCUT2D eigenvalue weighted by molar-refractivity contribution is -0.302. The number of unbranched alkanes of at least 4 members (excludes halogenated alkanes) is 27. The second-order valence-electron chi connectivity index (χ2n) is 17.3. The number of hydrogen-bond donors (Lipinski definition) is 6. The minimum absolute atomic E-state index is 0.190. The van der Waals surface area contributed by atoms with Crippen molar-refractivity contribution in [2.45, 2.75) is 262 Å². The van der Waals surface area contributed by atoms with E-state index in [1.54, 1.807) is 6.08 Å². The van der Waals surface area contributed by atoms with E-state index in [9.17, 15) is 30.3 Å². The second-order valence-corrected chi connectivity index (χ2v) is 17.3. The third-order valence-electron chi connectivity index (χ3n) is 11.7. The van der Waals surface area contributed by atoms with Gasteiger partial charge in [0.1, 0.15) is 24.4 Å². The quantitative estimate of drug-likeness (QED) is 0.0263. The van der Waals surface area contributed by atoms with Gasteiger partial charge in [-0.05, 0) is 51.4 Å². The Balaban J connectivity index is 2.32. The molecule has 1 aliphatic heterocycles. The minimum Gasteiger partial charge on any atom is -0.394 e. The lowest BCUT2D eigenvalue weighted by atomic mass is 9.99. The Morgan fingerprint density at radius 3 is 1.49 bits per heavy atom. The molecule has 0 spiro atoms. The molecule has 1 amide bonds. The zero-order chi connectivity index (χ0) is 43.0. The van der Waals surface area contributed by atoms with Crippen molar-refractivity contribution in [2.24, 2.45) is 0 Å². The van der Waals surface area contributed by atoms with Crippen LogP contribution in [-0.4, -0.2) is 87.5 Å². The minimum atomic E-state index is -1.57. The van der Waals surface area contributed by atoms with Gasteiger partial charge in [-0.3, -0.25) is 4.79 Å². The van der Waals surface area contributed by atoms with E-state index in [1.165, 1.54) is 135 Å². The zero-order valence-electron chi connectivity index (χ0n) is 38.0. The Labute approximate surface area is 361 Å². The number of rotatable bonds is 41. The van der Waals surface area contributed by atoms with Crippen molar-refractivity contribution in [3.05, 3.63) is 36.5 Å². The maximum absolute atomic E-state index is 13.0. The highest BCUT2D eigenvalue weighted by atomic mass is 16.7. The molecule has 7 atom stereocenters. The van der Waals surface area contributed by atoms with Gasteiger partial charge in [0.2, 0.25) is 5.91 Å². The molecule has 0 radical (unpaired) electrons. The van der Waals surface area contributed by atoms with Crippen LogP contribution in [0.4, 0.5) is 0 Å². The fourth-order valence-electron chi connectivity index (χ4n) is 7.72. The van der Waals surface area contributed by atoms with Crippen LogP contribution in [0.25, 0.3) is 0 Å². The lowest BCUT2D eigenvalue weighted by Crippen LogP contribution is -2.60. The van der Waals surface area contributed by atoms with Gasteiger partial charge in [-0.1, -0.05) is 198 Å². The molecule has 7 unspecified atom stereocenters. The molecule has 1 fully saturated rings. The summed E-state index contributed by atoms with van der Waals surface area (Å²) >= 11 is 0. The van der Waals surface area contributed by atoms with Crippen LogP contribution in [-0.2, 0) is 14.3 Å². The fraction of sp³-hybridized carbons (Fsp3) is 0.860. The number of ether oxygens (including phenoxy) is 2. The zero-order valence-corrected chi connectivity index (χ0v) is 38.0. The van der Waals surface area contributed by atoms with Crippen molar-refractivity contribution in [1.82, 2.24) is 5.32 Å². The molecule has 1 aliphatic rings. The van der Waals surface area contributed by atoms with Gasteiger partial charge in [-0.25, -0.2) is 0 Å². The first-order valence-corrected chi connectivity index (χ1v) is 24.7. The van der Waals surface area contributed by atoms with Crippen molar-refractivity contribution < 1.29 is 39.8 Å². The summed E-state index contributed by atoms with van der Waals surface area (Å²) in [5.41, 5.74) is 0. The monoisotopic (exact) mass is 836 g/mol. The van der Waals surface area contributed by atoms with Gasteiger partial charge in [0.15, 0.2) is 6.29 Å². The number of carbonyl (C=O) groups is 1. The normalized spacial score (nSPS) is 21.0. The molecule has 1 saturated heterocycles. The Bertz CT molecular complexity index is 1020.